The minimum Gasteiger partial charge on any atom is -0.457 e. The molecule has 1 saturated heterocycles. The molecule has 0 saturated carbocycles. The second kappa shape index (κ2) is 8.75. The fourth-order valence-electron chi connectivity index (χ4n) is 3.13. The molecule has 29 heavy (non-hydrogen) atoms. The van der Waals surface area contributed by atoms with Gasteiger partial charge in [0, 0.05) is 36.1 Å². The van der Waals surface area contributed by atoms with Crippen molar-refractivity contribution in [2.24, 2.45) is 0 Å². The molecule has 148 valence electrons. The van der Waals surface area contributed by atoms with Crippen LogP contribution in [0.15, 0.2) is 71.2 Å². The Balaban J connectivity index is 1.34. The summed E-state index contributed by atoms with van der Waals surface area (Å²) in [5.41, 5.74) is 2.62. The van der Waals surface area contributed by atoms with Crippen LogP contribution in [0.5, 0.6) is 0 Å². The summed E-state index contributed by atoms with van der Waals surface area (Å²) in [6, 6.07) is 17.4. The van der Waals surface area contributed by atoms with Crippen molar-refractivity contribution in [2.75, 3.05) is 36.5 Å². The number of carbonyl (C=O) groups excluding carboxylic acids is 1. The Morgan fingerprint density at radius 3 is 2.41 bits per heavy atom. The lowest BCUT2D eigenvalue weighted by Crippen LogP contribution is -2.36. The molecule has 2 aromatic carbocycles. The van der Waals surface area contributed by atoms with Crippen molar-refractivity contribution in [3.8, 4) is 11.3 Å². The standard InChI is InChI=1S/C23H21FN2O3/c24-18-3-1-17(2-4-18)22-11-9-21(29-22)10-12-23(27)25-19-5-7-20(8-6-19)26-13-15-28-16-14-26/h1-12H,13-16H2,(H,25,27). The molecule has 1 aliphatic heterocycles. The average Bonchev–Trinajstić information content (AvgIpc) is 3.23. The third-order valence-corrected chi connectivity index (χ3v) is 4.67. The van der Waals surface area contributed by atoms with E-state index in [0.29, 0.717) is 11.5 Å². The normalized spacial score (nSPS) is 14.3. The fourth-order valence-corrected chi connectivity index (χ4v) is 3.13. The van der Waals surface area contributed by atoms with Crippen LogP contribution >= 0.6 is 0 Å². The van der Waals surface area contributed by atoms with Crippen LogP contribution < -0.4 is 10.2 Å². The van der Waals surface area contributed by atoms with Gasteiger partial charge in [-0.15, -0.1) is 0 Å². The molecule has 0 aliphatic carbocycles. The molecular formula is C23H21FN2O3. The molecule has 0 spiro atoms. The molecule has 6 heteroatoms. The highest BCUT2D eigenvalue weighted by atomic mass is 19.1. The molecule has 0 unspecified atom stereocenters. The Morgan fingerprint density at radius 2 is 1.69 bits per heavy atom. The highest BCUT2D eigenvalue weighted by Crippen LogP contribution is 2.23. The molecule has 0 bridgehead atoms. The van der Waals surface area contributed by atoms with Crippen molar-refractivity contribution >= 4 is 23.4 Å². The van der Waals surface area contributed by atoms with Crippen LogP contribution in [0.25, 0.3) is 17.4 Å². The second-order valence-electron chi connectivity index (χ2n) is 6.68. The van der Waals surface area contributed by atoms with Crippen molar-refractivity contribution in [2.45, 2.75) is 0 Å². The van der Waals surface area contributed by atoms with Crippen LogP contribution in [-0.4, -0.2) is 32.2 Å². The molecular weight excluding hydrogens is 371 g/mol. The van der Waals surface area contributed by atoms with E-state index in [2.05, 4.69) is 10.2 Å². The van der Waals surface area contributed by atoms with Crippen LogP contribution in [0.2, 0.25) is 0 Å². The van der Waals surface area contributed by atoms with Gasteiger partial charge in [0.05, 0.1) is 13.2 Å². The number of ether oxygens (including phenoxy) is 1. The summed E-state index contributed by atoms with van der Waals surface area (Å²) >= 11 is 0. The number of hydrogen-bond donors (Lipinski definition) is 1. The third kappa shape index (κ3) is 4.92. The van der Waals surface area contributed by atoms with Gasteiger partial charge in [0.2, 0.25) is 5.91 Å². The molecule has 1 N–H and O–H groups in total. The van der Waals surface area contributed by atoms with Gasteiger partial charge in [0.15, 0.2) is 0 Å². The monoisotopic (exact) mass is 392 g/mol. The van der Waals surface area contributed by atoms with E-state index in [-0.39, 0.29) is 11.7 Å². The number of rotatable bonds is 5. The van der Waals surface area contributed by atoms with Gasteiger partial charge in [-0.25, -0.2) is 4.39 Å². The summed E-state index contributed by atoms with van der Waals surface area (Å²) in [7, 11) is 0. The molecule has 3 aromatic rings. The molecule has 0 radical (unpaired) electrons. The molecule has 1 amide bonds. The van der Waals surface area contributed by atoms with Crippen LogP contribution in [0.3, 0.4) is 0 Å². The highest BCUT2D eigenvalue weighted by Gasteiger charge is 2.11. The van der Waals surface area contributed by atoms with Gasteiger partial charge < -0.3 is 19.4 Å². The lowest BCUT2D eigenvalue weighted by Gasteiger charge is -2.28. The van der Waals surface area contributed by atoms with E-state index in [0.717, 1.165) is 43.2 Å². The van der Waals surface area contributed by atoms with E-state index in [1.807, 2.05) is 24.3 Å². The van der Waals surface area contributed by atoms with Gasteiger partial charge >= 0.3 is 0 Å². The fraction of sp³-hybridized carbons (Fsp3) is 0.174. The van der Waals surface area contributed by atoms with Gasteiger partial charge in [0.25, 0.3) is 0 Å². The number of morpholine rings is 1. The first-order valence-corrected chi connectivity index (χ1v) is 9.45. The van der Waals surface area contributed by atoms with Crippen molar-refractivity contribution in [1.29, 1.82) is 0 Å². The number of hydrogen-bond acceptors (Lipinski definition) is 4. The SMILES string of the molecule is O=C(C=Cc1ccc(-c2ccc(F)cc2)o1)Nc1ccc(N2CCOCC2)cc1. The maximum Gasteiger partial charge on any atom is 0.248 e. The number of nitrogens with zero attached hydrogens (tertiary/aromatic N) is 1. The number of halogens is 1. The van der Waals surface area contributed by atoms with E-state index in [1.165, 1.54) is 18.2 Å². The molecule has 1 fully saturated rings. The maximum atomic E-state index is 13.0. The lowest BCUT2D eigenvalue weighted by atomic mass is 10.2. The summed E-state index contributed by atoms with van der Waals surface area (Å²) < 4.78 is 24.1. The van der Waals surface area contributed by atoms with Gasteiger partial charge in [0.1, 0.15) is 17.3 Å². The zero-order valence-corrected chi connectivity index (χ0v) is 15.8. The summed E-state index contributed by atoms with van der Waals surface area (Å²) in [5, 5.41) is 2.83. The molecule has 1 aliphatic rings. The van der Waals surface area contributed by atoms with Gasteiger partial charge in [-0.3, -0.25) is 4.79 Å². The Morgan fingerprint density at radius 1 is 0.966 bits per heavy atom. The zero-order chi connectivity index (χ0) is 20.1. The topological polar surface area (TPSA) is 54.7 Å². The first-order valence-electron chi connectivity index (χ1n) is 9.45. The molecule has 0 atom stereocenters. The smallest absolute Gasteiger partial charge is 0.248 e. The molecule has 1 aromatic heterocycles. The third-order valence-electron chi connectivity index (χ3n) is 4.67. The predicted molar refractivity (Wildman–Crippen MR) is 111 cm³/mol. The second-order valence-corrected chi connectivity index (χ2v) is 6.68. The minimum absolute atomic E-state index is 0.246. The Kier molecular flexibility index (Phi) is 5.72. The summed E-state index contributed by atoms with van der Waals surface area (Å²) in [6.45, 7) is 3.22. The van der Waals surface area contributed by atoms with Crippen LogP contribution in [0.1, 0.15) is 5.76 Å². The zero-order valence-electron chi connectivity index (χ0n) is 15.8. The number of furan rings is 1. The Labute approximate surface area is 168 Å². The van der Waals surface area contributed by atoms with E-state index < -0.39 is 0 Å². The van der Waals surface area contributed by atoms with E-state index in [1.54, 1.807) is 30.3 Å². The maximum absolute atomic E-state index is 13.0. The largest absolute Gasteiger partial charge is 0.457 e. The Bertz CT molecular complexity index is 988. The number of anilines is 2. The summed E-state index contributed by atoms with van der Waals surface area (Å²) in [5.74, 6) is 0.616. The first-order chi connectivity index (χ1) is 14.2. The average molecular weight is 392 g/mol. The van der Waals surface area contributed by atoms with Crippen LogP contribution in [0.4, 0.5) is 15.8 Å². The first kappa shape index (κ1) is 19.0. The van der Waals surface area contributed by atoms with Gasteiger partial charge in [-0.2, -0.15) is 0 Å². The number of nitrogens with one attached hydrogen (secondary N) is 1. The van der Waals surface area contributed by atoms with Crippen molar-refractivity contribution in [1.82, 2.24) is 0 Å². The van der Waals surface area contributed by atoms with E-state index in [9.17, 15) is 9.18 Å². The minimum atomic E-state index is -0.296. The molecule has 5 nitrogen and oxygen atoms in total. The van der Waals surface area contributed by atoms with Crippen molar-refractivity contribution in [3.63, 3.8) is 0 Å². The quantitative estimate of drug-likeness (QED) is 0.646. The highest BCUT2D eigenvalue weighted by molar-refractivity contribution is 6.01. The van der Waals surface area contributed by atoms with Gasteiger partial charge in [-0.1, -0.05) is 0 Å². The number of benzene rings is 2. The lowest BCUT2D eigenvalue weighted by molar-refractivity contribution is -0.111. The molecule has 4 rings (SSSR count). The number of amides is 1. The van der Waals surface area contributed by atoms with E-state index in [4.69, 9.17) is 9.15 Å². The van der Waals surface area contributed by atoms with Crippen molar-refractivity contribution < 1.29 is 18.3 Å². The predicted octanol–water partition coefficient (Wildman–Crippen LogP) is 4.57. The van der Waals surface area contributed by atoms with Crippen molar-refractivity contribution in [3.05, 3.63) is 78.3 Å². The van der Waals surface area contributed by atoms with Crippen LogP contribution in [0, 0.1) is 5.82 Å². The van der Waals surface area contributed by atoms with Crippen LogP contribution in [-0.2, 0) is 9.53 Å². The summed E-state index contributed by atoms with van der Waals surface area (Å²) in [4.78, 5) is 14.4. The van der Waals surface area contributed by atoms with E-state index >= 15 is 0 Å². The Hall–Kier alpha value is -3.38. The summed E-state index contributed by atoms with van der Waals surface area (Å²) in [6.07, 6.45) is 3.02. The van der Waals surface area contributed by atoms with Gasteiger partial charge in [-0.05, 0) is 66.7 Å². The number of carbonyl (C=O) groups is 1. The molecule has 2 heterocycles.